The van der Waals surface area contributed by atoms with Crippen molar-refractivity contribution >= 4 is 17.6 Å². The van der Waals surface area contributed by atoms with Gasteiger partial charge in [-0.15, -0.1) is 0 Å². The number of anilines is 3. The highest BCUT2D eigenvalue weighted by molar-refractivity contribution is 5.60. The van der Waals surface area contributed by atoms with Crippen LogP contribution < -0.4 is 15.8 Å². The molecule has 0 bridgehead atoms. The molecule has 16 heavy (non-hydrogen) atoms. The first-order valence-corrected chi connectivity index (χ1v) is 4.64. The van der Waals surface area contributed by atoms with Crippen LogP contribution in [0, 0.1) is 6.92 Å². The van der Waals surface area contributed by atoms with E-state index in [-0.39, 0.29) is 5.95 Å². The van der Waals surface area contributed by atoms with Crippen LogP contribution in [0.15, 0.2) is 12.3 Å². The van der Waals surface area contributed by atoms with Gasteiger partial charge in [-0.3, -0.25) is 5.10 Å². The number of nitrogens with one attached hydrogen (secondary N) is 2. The molecule has 84 valence electrons. The summed E-state index contributed by atoms with van der Waals surface area (Å²) in [7, 11) is 1.54. The van der Waals surface area contributed by atoms with Crippen molar-refractivity contribution in [1.82, 2.24) is 20.2 Å². The average Bonchev–Trinajstić information content (AvgIpc) is 2.64. The molecule has 0 unspecified atom stereocenters. The lowest BCUT2D eigenvalue weighted by Crippen LogP contribution is -2.02. The lowest BCUT2D eigenvalue weighted by atomic mass is 10.4. The molecule has 0 aliphatic heterocycles. The number of aromatic nitrogens is 4. The first-order valence-electron chi connectivity index (χ1n) is 4.64. The number of H-pyrrole nitrogens is 1. The smallest absolute Gasteiger partial charge is 0.222 e. The monoisotopic (exact) mass is 220 g/mol. The molecule has 0 spiro atoms. The van der Waals surface area contributed by atoms with Crippen LogP contribution in [0.5, 0.6) is 5.75 Å². The van der Waals surface area contributed by atoms with E-state index in [1.54, 1.807) is 0 Å². The largest absolute Gasteiger partial charge is 0.491 e. The topological polar surface area (TPSA) is 102 Å². The van der Waals surface area contributed by atoms with Crippen LogP contribution in [0.2, 0.25) is 0 Å². The molecule has 0 aromatic carbocycles. The van der Waals surface area contributed by atoms with Crippen LogP contribution >= 0.6 is 0 Å². The van der Waals surface area contributed by atoms with Gasteiger partial charge in [-0.25, -0.2) is 4.98 Å². The number of methoxy groups -OCH3 is 1. The second-order valence-electron chi connectivity index (χ2n) is 3.21. The normalized spacial score (nSPS) is 10.1. The maximum absolute atomic E-state index is 5.50. The van der Waals surface area contributed by atoms with Crippen molar-refractivity contribution in [3.63, 3.8) is 0 Å². The van der Waals surface area contributed by atoms with Gasteiger partial charge in [0.1, 0.15) is 0 Å². The third-order valence-electron chi connectivity index (χ3n) is 1.95. The number of nitrogen functional groups attached to an aromatic ring is 1. The predicted octanol–water partition coefficient (Wildman–Crippen LogP) is 0.843. The van der Waals surface area contributed by atoms with Gasteiger partial charge in [-0.1, -0.05) is 0 Å². The van der Waals surface area contributed by atoms with E-state index >= 15 is 0 Å². The molecule has 7 heteroatoms. The standard InChI is InChI=1S/C9H12N6O/c1-5-3-7(15-14-5)12-8-6(16-2)4-11-9(10)13-8/h3-4H,1-2H3,(H4,10,11,12,13,14,15). The minimum absolute atomic E-state index is 0.176. The first kappa shape index (κ1) is 10.2. The molecule has 0 saturated carbocycles. The van der Waals surface area contributed by atoms with Crippen molar-refractivity contribution in [2.75, 3.05) is 18.2 Å². The Bertz CT molecular complexity index is 494. The van der Waals surface area contributed by atoms with Crippen LogP contribution in [0.3, 0.4) is 0 Å². The SMILES string of the molecule is COc1cnc(N)nc1Nc1cc(C)[nH]n1. The summed E-state index contributed by atoms with van der Waals surface area (Å²) in [5.41, 5.74) is 6.44. The summed E-state index contributed by atoms with van der Waals surface area (Å²) < 4.78 is 5.10. The minimum Gasteiger partial charge on any atom is -0.491 e. The van der Waals surface area contributed by atoms with E-state index in [0.29, 0.717) is 17.4 Å². The summed E-state index contributed by atoms with van der Waals surface area (Å²) in [6.45, 7) is 1.91. The Kier molecular flexibility index (Phi) is 2.59. The van der Waals surface area contributed by atoms with Gasteiger partial charge in [0, 0.05) is 11.8 Å². The highest BCUT2D eigenvalue weighted by Crippen LogP contribution is 2.24. The van der Waals surface area contributed by atoms with Crippen molar-refractivity contribution < 1.29 is 4.74 Å². The van der Waals surface area contributed by atoms with E-state index in [2.05, 4.69) is 25.5 Å². The molecule has 0 aliphatic rings. The number of rotatable bonds is 3. The number of hydrogen-bond acceptors (Lipinski definition) is 6. The lowest BCUT2D eigenvalue weighted by Gasteiger charge is -2.07. The van der Waals surface area contributed by atoms with Gasteiger partial charge in [-0.05, 0) is 6.92 Å². The van der Waals surface area contributed by atoms with Gasteiger partial charge in [0.25, 0.3) is 0 Å². The van der Waals surface area contributed by atoms with Crippen molar-refractivity contribution in [2.45, 2.75) is 6.92 Å². The zero-order chi connectivity index (χ0) is 11.5. The van der Waals surface area contributed by atoms with Crippen LogP contribution in [0.4, 0.5) is 17.6 Å². The van der Waals surface area contributed by atoms with Gasteiger partial charge in [-0.2, -0.15) is 10.1 Å². The third kappa shape index (κ3) is 2.02. The van der Waals surface area contributed by atoms with Crippen LogP contribution in [-0.2, 0) is 0 Å². The molecule has 2 heterocycles. The van der Waals surface area contributed by atoms with Gasteiger partial charge in [0.2, 0.25) is 5.95 Å². The Morgan fingerprint density at radius 2 is 2.31 bits per heavy atom. The molecule has 0 saturated heterocycles. The second kappa shape index (κ2) is 4.05. The molecule has 0 atom stereocenters. The highest BCUT2D eigenvalue weighted by Gasteiger charge is 2.07. The maximum atomic E-state index is 5.50. The summed E-state index contributed by atoms with van der Waals surface area (Å²) in [4.78, 5) is 7.86. The summed E-state index contributed by atoms with van der Waals surface area (Å²) in [5, 5.41) is 9.82. The van der Waals surface area contributed by atoms with E-state index in [9.17, 15) is 0 Å². The molecule has 2 aromatic rings. The quantitative estimate of drug-likeness (QED) is 0.708. The van der Waals surface area contributed by atoms with Gasteiger partial charge in [0.15, 0.2) is 17.4 Å². The fourth-order valence-corrected chi connectivity index (χ4v) is 1.23. The Balaban J connectivity index is 2.29. The highest BCUT2D eigenvalue weighted by atomic mass is 16.5. The molecule has 0 fully saturated rings. The predicted molar refractivity (Wildman–Crippen MR) is 59.6 cm³/mol. The number of ether oxygens (including phenoxy) is 1. The number of hydrogen-bond donors (Lipinski definition) is 3. The molecule has 2 rings (SSSR count). The molecule has 2 aromatic heterocycles. The summed E-state index contributed by atoms with van der Waals surface area (Å²) >= 11 is 0. The van der Waals surface area contributed by atoms with E-state index in [4.69, 9.17) is 10.5 Å². The summed E-state index contributed by atoms with van der Waals surface area (Å²) in [5.74, 6) is 1.82. The molecule has 0 amide bonds. The third-order valence-corrected chi connectivity index (χ3v) is 1.95. The molecular weight excluding hydrogens is 208 g/mol. The fraction of sp³-hybridized carbons (Fsp3) is 0.222. The zero-order valence-corrected chi connectivity index (χ0v) is 8.98. The number of nitrogens with two attached hydrogens (primary N) is 1. The lowest BCUT2D eigenvalue weighted by molar-refractivity contribution is 0.413. The van der Waals surface area contributed by atoms with E-state index < -0.39 is 0 Å². The van der Waals surface area contributed by atoms with Crippen molar-refractivity contribution in [3.8, 4) is 5.75 Å². The Morgan fingerprint density at radius 1 is 1.50 bits per heavy atom. The van der Waals surface area contributed by atoms with Crippen LogP contribution in [-0.4, -0.2) is 27.3 Å². The zero-order valence-electron chi connectivity index (χ0n) is 8.98. The van der Waals surface area contributed by atoms with E-state index in [0.717, 1.165) is 5.69 Å². The van der Waals surface area contributed by atoms with Crippen molar-refractivity contribution in [2.24, 2.45) is 0 Å². The van der Waals surface area contributed by atoms with Gasteiger partial charge < -0.3 is 15.8 Å². The van der Waals surface area contributed by atoms with E-state index in [1.165, 1.54) is 13.3 Å². The second-order valence-corrected chi connectivity index (χ2v) is 3.21. The molecule has 0 radical (unpaired) electrons. The Labute approximate surface area is 92.1 Å². The molecule has 7 nitrogen and oxygen atoms in total. The average molecular weight is 220 g/mol. The van der Waals surface area contributed by atoms with E-state index in [1.807, 2.05) is 13.0 Å². The summed E-state index contributed by atoms with van der Waals surface area (Å²) in [6.07, 6.45) is 1.50. The Hall–Kier alpha value is -2.31. The maximum Gasteiger partial charge on any atom is 0.222 e. The number of aryl methyl sites for hydroxylation is 1. The summed E-state index contributed by atoms with van der Waals surface area (Å²) in [6, 6.07) is 1.84. The first-order chi connectivity index (χ1) is 7.69. The van der Waals surface area contributed by atoms with Gasteiger partial charge >= 0.3 is 0 Å². The van der Waals surface area contributed by atoms with Crippen molar-refractivity contribution in [1.29, 1.82) is 0 Å². The molecule has 4 N–H and O–H groups in total. The van der Waals surface area contributed by atoms with Crippen LogP contribution in [0.25, 0.3) is 0 Å². The number of nitrogens with zero attached hydrogens (tertiary/aromatic N) is 3. The van der Waals surface area contributed by atoms with Crippen LogP contribution in [0.1, 0.15) is 5.69 Å². The van der Waals surface area contributed by atoms with Gasteiger partial charge in [0.05, 0.1) is 13.3 Å². The fourth-order valence-electron chi connectivity index (χ4n) is 1.23. The Morgan fingerprint density at radius 3 is 2.94 bits per heavy atom. The molecule has 0 aliphatic carbocycles. The molecular formula is C9H12N6O. The van der Waals surface area contributed by atoms with Crippen molar-refractivity contribution in [3.05, 3.63) is 18.0 Å². The minimum atomic E-state index is 0.176. The number of aromatic amines is 1.